The van der Waals surface area contributed by atoms with Crippen LogP contribution in [0.1, 0.15) is 17.4 Å². The van der Waals surface area contributed by atoms with Crippen LogP contribution in [0.15, 0.2) is 18.6 Å². The van der Waals surface area contributed by atoms with E-state index in [9.17, 15) is 9.59 Å². The van der Waals surface area contributed by atoms with E-state index in [0.717, 1.165) is 0 Å². The molecular formula is C11H10N4O3. The maximum absolute atomic E-state index is 11.5. The van der Waals surface area contributed by atoms with Gasteiger partial charge in [-0.15, -0.1) is 0 Å². The molecule has 0 spiro atoms. The first kappa shape index (κ1) is 13.4. The molecule has 7 heteroatoms. The number of nitrogens with one attached hydrogen (secondary N) is 1. The van der Waals surface area contributed by atoms with Crippen LogP contribution in [-0.2, 0) is 9.53 Å². The summed E-state index contributed by atoms with van der Waals surface area (Å²) in [7, 11) is 0. The van der Waals surface area contributed by atoms with E-state index in [0.29, 0.717) is 0 Å². The number of ether oxygens (including phenoxy) is 1. The van der Waals surface area contributed by atoms with Gasteiger partial charge in [-0.05, 0) is 6.92 Å². The molecule has 92 valence electrons. The lowest BCUT2D eigenvalue weighted by atomic mass is 10.0. The van der Waals surface area contributed by atoms with E-state index in [2.05, 4.69) is 14.7 Å². The van der Waals surface area contributed by atoms with Gasteiger partial charge in [-0.1, -0.05) is 0 Å². The number of carbonyl (C=O) groups is 2. The largest absolute Gasteiger partial charge is 0.453 e. The lowest BCUT2D eigenvalue weighted by Gasteiger charge is -2.06. The van der Waals surface area contributed by atoms with Gasteiger partial charge in [0.2, 0.25) is 0 Å². The third-order valence-electron chi connectivity index (χ3n) is 2.00. The number of nitriles is 1. The summed E-state index contributed by atoms with van der Waals surface area (Å²) in [6.45, 7) is 0.778. The van der Waals surface area contributed by atoms with Crippen LogP contribution < -0.4 is 0 Å². The zero-order valence-electron chi connectivity index (χ0n) is 9.58. The molecule has 0 amide bonds. The van der Waals surface area contributed by atoms with Crippen LogP contribution >= 0.6 is 0 Å². The van der Waals surface area contributed by atoms with Gasteiger partial charge >= 0.3 is 5.97 Å². The smallest absolute Gasteiger partial charge is 0.358 e. The van der Waals surface area contributed by atoms with Gasteiger partial charge in [0.1, 0.15) is 5.92 Å². The van der Waals surface area contributed by atoms with Crippen molar-refractivity contribution in [2.24, 2.45) is 5.92 Å². The average molecular weight is 246 g/mol. The van der Waals surface area contributed by atoms with Crippen LogP contribution in [0.25, 0.3) is 0 Å². The fraction of sp³-hybridized carbons (Fsp3) is 0.273. The van der Waals surface area contributed by atoms with Gasteiger partial charge in [0.15, 0.2) is 18.1 Å². The van der Waals surface area contributed by atoms with Crippen molar-refractivity contribution in [1.82, 2.24) is 9.97 Å². The maximum atomic E-state index is 11.5. The summed E-state index contributed by atoms with van der Waals surface area (Å²) in [5, 5.41) is 15.9. The summed E-state index contributed by atoms with van der Waals surface area (Å²) in [6.07, 6.45) is 3.92. The Hall–Kier alpha value is -2.62. The van der Waals surface area contributed by atoms with E-state index in [4.69, 9.17) is 10.7 Å². The van der Waals surface area contributed by atoms with Crippen molar-refractivity contribution in [2.45, 2.75) is 6.92 Å². The van der Waals surface area contributed by atoms with Gasteiger partial charge in [-0.25, -0.2) is 9.78 Å². The first-order chi connectivity index (χ1) is 8.56. The van der Waals surface area contributed by atoms with E-state index < -0.39 is 24.3 Å². The second-order valence-electron chi connectivity index (χ2n) is 3.38. The molecule has 0 aliphatic rings. The maximum Gasteiger partial charge on any atom is 0.358 e. The van der Waals surface area contributed by atoms with Crippen LogP contribution in [0.2, 0.25) is 0 Å². The minimum atomic E-state index is -1.18. The molecule has 0 aromatic carbocycles. The molecule has 1 N–H and O–H groups in total. The molecule has 1 heterocycles. The summed E-state index contributed by atoms with van der Waals surface area (Å²) in [4.78, 5) is 30.3. The van der Waals surface area contributed by atoms with Gasteiger partial charge in [0.05, 0.1) is 12.3 Å². The first-order valence-corrected chi connectivity index (χ1v) is 4.96. The highest BCUT2D eigenvalue weighted by Gasteiger charge is 2.22. The van der Waals surface area contributed by atoms with E-state index >= 15 is 0 Å². The molecule has 0 saturated heterocycles. The third-order valence-corrected chi connectivity index (χ3v) is 2.00. The molecule has 1 aromatic heterocycles. The predicted molar refractivity (Wildman–Crippen MR) is 59.8 cm³/mol. The molecule has 0 saturated carbocycles. The van der Waals surface area contributed by atoms with Crippen molar-refractivity contribution in [3.63, 3.8) is 0 Å². The monoisotopic (exact) mass is 246 g/mol. The van der Waals surface area contributed by atoms with Gasteiger partial charge in [0.25, 0.3) is 0 Å². The molecule has 0 bridgehead atoms. The van der Waals surface area contributed by atoms with Crippen molar-refractivity contribution >= 4 is 17.5 Å². The average Bonchev–Trinajstić information content (AvgIpc) is 2.37. The number of carbonyl (C=O) groups excluding carboxylic acids is 2. The summed E-state index contributed by atoms with van der Waals surface area (Å²) >= 11 is 0. The van der Waals surface area contributed by atoms with Crippen LogP contribution in [-0.4, -0.2) is 34.0 Å². The molecule has 18 heavy (non-hydrogen) atoms. The Balaban J connectivity index is 2.57. The Morgan fingerprint density at radius 2 is 2.28 bits per heavy atom. The predicted octanol–water partition coefficient (Wildman–Crippen LogP) is 0.382. The molecule has 7 nitrogen and oxygen atoms in total. The summed E-state index contributed by atoms with van der Waals surface area (Å²) < 4.78 is 4.68. The number of aromatic nitrogens is 2. The Morgan fingerprint density at radius 3 is 2.78 bits per heavy atom. The van der Waals surface area contributed by atoms with Gasteiger partial charge < -0.3 is 10.1 Å². The third kappa shape index (κ3) is 3.45. The second kappa shape index (κ2) is 6.20. The molecule has 1 rings (SSSR count). The van der Waals surface area contributed by atoms with Crippen molar-refractivity contribution in [3.8, 4) is 6.07 Å². The number of esters is 1. The molecule has 1 aromatic rings. The van der Waals surface area contributed by atoms with Crippen LogP contribution in [0.3, 0.4) is 0 Å². The SMILES string of the molecule is CC(=N)C(C#N)C(=O)COC(=O)c1cnccn1. The van der Waals surface area contributed by atoms with Gasteiger partial charge in [-0.2, -0.15) is 5.26 Å². The van der Waals surface area contributed by atoms with E-state index in [1.54, 1.807) is 6.07 Å². The van der Waals surface area contributed by atoms with E-state index in [-0.39, 0.29) is 11.4 Å². The first-order valence-electron chi connectivity index (χ1n) is 4.96. The fourth-order valence-corrected chi connectivity index (χ4v) is 1.11. The fourth-order valence-electron chi connectivity index (χ4n) is 1.11. The highest BCUT2D eigenvalue weighted by molar-refractivity contribution is 6.06. The lowest BCUT2D eigenvalue weighted by molar-refractivity contribution is -0.122. The van der Waals surface area contributed by atoms with Crippen molar-refractivity contribution in [1.29, 1.82) is 10.7 Å². The number of nitrogens with zero attached hydrogens (tertiary/aromatic N) is 3. The van der Waals surface area contributed by atoms with E-state index in [1.807, 2.05) is 0 Å². The Bertz CT molecular complexity index is 507. The van der Waals surface area contributed by atoms with Crippen molar-refractivity contribution < 1.29 is 14.3 Å². The standard InChI is InChI=1S/C11H10N4O3/c1-7(13)8(4-12)10(16)6-18-11(17)9-5-14-2-3-15-9/h2-3,5,8,13H,6H2,1H3. The molecule has 1 unspecified atom stereocenters. The number of Topliss-reactive ketones (excluding diaryl/α,β-unsaturated/α-hetero) is 1. The van der Waals surface area contributed by atoms with Gasteiger partial charge in [0, 0.05) is 18.1 Å². The molecule has 0 aliphatic carbocycles. The van der Waals surface area contributed by atoms with Crippen LogP contribution in [0.5, 0.6) is 0 Å². The Morgan fingerprint density at radius 1 is 1.56 bits per heavy atom. The quantitative estimate of drug-likeness (QED) is 0.593. The topological polar surface area (TPSA) is 117 Å². The molecular weight excluding hydrogens is 236 g/mol. The summed E-state index contributed by atoms with van der Waals surface area (Å²) in [5.41, 5.74) is -0.108. The Kier molecular flexibility index (Phi) is 4.63. The van der Waals surface area contributed by atoms with Crippen molar-refractivity contribution in [3.05, 3.63) is 24.3 Å². The normalized spacial score (nSPS) is 11.1. The Labute approximate surface area is 103 Å². The number of hydrogen-bond donors (Lipinski definition) is 1. The minimum Gasteiger partial charge on any atom is -0.453 e. The minimum absolute atomic E-state index is 0.0228. The molecule has 0 aliphatic heterocycles. The zero-order chi connectivity index (χ0) is 13.5. The number of rotatable bonds is 5. The van der Waals surface area contributed by atoms with Crippen molar-refractivity contribution in [2.75, 3.05) is 6.61 Å². The molecule has 1 atom stereocenters. The highest BCUT2D eigenvalue weighted by Crippen LogP contribution is 2.01. The van der Waals surface area contributed by atoms with Gasteiger partial charge in [-0.3, -0.25) is 9.78 Å². The van der Waals surface area contributed by atoms with Crippen LogP contribution in [0, 0.1) is 22.7 Å². The highest BCUT2D eigenvalue weighted by atomic mass is 16.5. The summed E-state index contributed by atoms with van der Waals surface area (Å²) in [5.74, 6) is -2.61. The molecule has 0 fully saturated rings. The van der Waals surface area contributed by atoms with Crippen LogP contribution in [0.4, 0.5) is 0 Å². The number of hydrogen-bond acceptors (Lipinski definition) is 7. The molecule has 0 radical (unpaired) electrons. The lowest BCUT2D eigenvalue weighted by Crippen LogP contribution is -2.25. The summed E-state index contributed by atoms with van der Waals surface area (Å²) in [6, 6.07) is 1.67. The number of ketones is 1. The second-order valence-corrected chi connectivity index (χ2v) is 3.38. The zero-order valence-corrected chi connectivity index (χ0v) is 9.58. The van der Waals surface area contributed by atoms with E-state index in [1.165, 1.54) is 25.5 Å².